The second-order valence-corrected chi connectivity index (χ2v) is 4.12. The number of aromatic hydroxyl groups is 1. The van der Waals surface area contributed by atoms with Gasteiger partial charge in [-0.25, -0.2) is 4.99 Å². The first-order chi connectivity index (χ1) is 8.02. The van der Waals surface area contributed by atoms with Crippen molar-refractivity contribution in [2.45, 2.75) is 26.7 Å². The lowest BCUT2D eigenvalue weighted by Gasteiger charge is -2.08. The third-order valence-electron chi connectivity index (χ3n) is 2.09. The maximum atomic E-state index is 9.41. The Bertz CT molecular complexity index is 407. The van der Waals surface area contributed by atoms with Crippen LogP contribution < -0.4 is 0 Å². The van der Waals surface area contributed by atoms with Crippen LogP contribution in [-0.4, -0.2) is 16.8 Å². The van der Waals surface area contributed by atoms with Crippen molar-refractivity contribution in [2.75, 3.05) is 6.54 Å². The molecule has 1 rings (SSSR count). The molecule has 3 heteroatoms. The van der Waals surface area contributed by atoms with E-state index in [-0.39, 0.29) is 0 Å². The zero-order valence-corrected chi connectivity index (χ0v) is 11.4. The summed E-state index contributed by atoms with van der Waals surface area (Å²) < 4.78 is 0. The molecule has 0 saturated heterocycles. The van der Waals surface area contributed by atoms with Gasteiger partial charge in [-0.2, -0.15) is 0 Å². The van der Waals surface area contributed by atoms with E-state index in [4.69, 9.17) is 0 Å². The Balaban J connectivity index is 0.000000366. The largest absolute Gasteiger partial charge is 0.508 e. The molecule has 1 aromatic carbocycles. The van der Waals surface area contributed by atoms with Crippen LogP contribution in [0, 0.1) is 6.92 Å². The van der Waals surface area contributed by atoms with E-state index in [0.717, 1.165) is 5.56 Å². The Hall–Kier alpha value is -1.44. The number of hydrogen-bond acceptors (Lipinski definition) is 3. The smallest absolute Gasteiger partial charge is 0.119 e. The van der Waals surface area contributed by atoms with Gasteiger partial charge in [-0.1, -0.05) is 37.6 Å². The van der Waals surface area contributed by atoms with Gasteiger partial charge in [0.15, 0.2) is 0 Å². The maximum Gasteiger partial charge on any atom is 0.119 e. The van der Waals surface area contributed by atoms with Crippen LogP contribution in [0.2, 0.25) is 0 Å². The minimum Gasteiger partial charge on any atom is -0.508 e. The normalized spacial score (nSPS) is 8.94. The molecular weight excluding hydrogens is 230 g/mol. The average molecular weight is 249 g/mol. The summed E-state index contributed by atoms with van der Waals surface area (Å²) in [6, 6.07) is 5.70. The minimum atomic E-state index is 0.398. The zero-order valence-electron chi connectivity index (χ0n) is 10.6. The monoisotopic (exact) mass is 249 g/mol. The van der Waals surface area contributed by atoms with Crippen molar-refractivity contribution < 1.29 is 5.11 Å². The van der Waals surface area contributed by atoms with Crippen LogP contribution in [0.5, 0.6) is 5.75 Å². The van der Waals surface area contributed by atoms with Gasteiger partial charge in [-0.15, -0.1) is 6.58 Å². The van der Waals surface area contributed by atoms with Crippen molar-refractivity contribution in [3.63, 3.8) is 0 Å². The van der Waals surface area contributed by atoms with E-state index >= 15 is 0 Å². The molecule has 0 aliphatic carbocycles. The van der Waals surface area contributed by atoms with Crippen molar-refractivity contribution in [3.8, 4) is 5.75 Å². The third kappa shape index (κ3) is 6.67. The Morgan fingerprint density at radius 1 is 1.53 bits per heavy atom. The molecule has 0 fully saturated rings. The topological polar surface area (TPSA) is 32.6 Å². The number of benzene rings is 1. The van der Waals surface area contributed by atoms with E-state index in [1.54, 1.807) is 12.1 Å². The number of phenols is 1. The van der Waals surface area contributed by atoms with Gasteiger partial charge in [0, 0.05) is 0 Å². The van der Waals surface area contributed by atoms with Gasteiger partial charge in [0.2, 0.25) is 0 Å². The number of thiocarbonyl (C=S) groups is 1. The van der Waals surface area contributed by atoms with Crippen LogP contribution in [0.1, 0.15) is 30.9 Å². The quantitative estimate of drug-likeness (QED) is 0.497. The summed E-state index contributed by atoms with van der Waals surface area (Å²) in [5, 5.41) is 11.6. The van der Waals surface area contributed by atoms with E-state index in [0.29, 0.717) is 18.2 Å². The highest BCUT2D eigenvalue weighted by molar-refractivity contribution is 7.78. The van der Waals surface area contributed by atoms with Crippen molar-refractivity contribution in [2.24, 2.45) is 4.99 Å². The molecule has 0 aromatic heterocycles. The van der Waals surface area contributed by atoms with Gasteiger partial charge in [0.05, 0.1) is 11.7 Å². The lowest BCUT2D eigenvalue weighted by atomic mass is 10.0. The van der Waals surface area contributed by atoms with Crippen molar-refractivity contribution in [1.29, 1.82) is 0 Å². The Kier molecular flexibility index (Phi) is 7.95. The second-order valence-electron chi connectivity index (χ2n) is 3.94. The Morgan fingerprint density at radius 3 is 2.53 bits per heavy atom. The summed E-state index contributed by atoms with van der Waals surface area (Å²) in [6.07, 6.45) is 1.67. The number of phenolic OH excluding ortho intramolecular Hbond substituents is 1. The van der Waals surface area contributed by atoms with E-state index in [1.807, 2.05) is 19.1 Å². The summed E-state index contributed by atoms with van der Waals surface area (Å²) in [7, 11) is 0. The van der Waals surface area contributed by atoms with Crippen molar-refractivity contribution in [1.82, 2.24) is 0 Å². The van der Waals surface area contributed by atoms with Crippen LogP contribution >= 0.6 is 12.2 Å². The number of hydrogen-bond donors (Lipinski definition) is 1. The SMILES string of the molecule is C=CCN=C=S.Cc1ccc(O)c(C(C)C)c1. The predicted molar refractivity (Wildman–Crippen MR) is 77.0 cm³/mol. The number of isothiocyanates is 1. The van der Waals surface area contributed by atoms with E-state index in [2.05, 4.69) is 42.8 Å². The fourth-order valence-corrected chi connectivity index (χ4v) is 1.31. The first kappa shape index (κ1) is 15.6. The van der Waals surface area contributed by atoms with Gasteiger partial charge in [-0.3, -0.25) is 0 Å². The Labute approximate surface area is 109 Å². The minimum absolute atomic E-state index is 0.398. The number of rotatable bonds is 3. The molecule has 17 heavy (non-hydrogen) atoms. The van der Waals surface area contributed by atoms with Crippen LogP contribution in [0.15, 0.2) is 35.8 Å². The summed E-state index contributed by atoms with van der Waals surface area (Å²) >= 11 is 4.25. The van der Waals surface area contributed by atoms with Gasteiger partial charge in [-0.05, 0) is 36.7 Å². The molecule has 0 aliphatic heterocycles. The molecule has 0 bridgehead atoms. The third-order valence-corrected chi connectivity index (χ3v) is 2.22. The molecular formula is C14H19NOS. The average Bonchev–Trinajstić information content (AvgIpc) is 2.30. The van der Waals surface area contributed by atoms with Crippen LogP contribution in [0.3, 0.4) is 0 Å². The second kappa shape index (κ2) is 8.68. The van der Waals surface area contributed by atoms with Crippen molar-refractivity contribution >= 4 is 17.4 Å². The molecule has 0 aliphatic rings. The van der Waals surface area contributed by atoms with Gasteiger partial charge < -0.3 is 5.11 Å². The highest BCUT2D eigenvalue weighted by Crippen LogP contribution is 2.25. The van der Waals surface area contributed by atoms with Crippen molar-refractivity contribution in [3.05, 3.63) is 42.0 Å². The standard InChI is InChI=1S/C10H14O.C4H5NS/c1-7(2)9-6-8(3)4-5-10(9)11;1-2-3-5-4-6/h4-7,11H,1-3H3;2H,1,3H2. The molecule has 0 unspecified atom stereocenters. The van der Waals surface area contributed by atoms with Crippen LogP contribution in [0.25, 0.3) is 0 Å². The number of aryl methyl sites for hydroxylation is 1. The molecule has 1 aromatic rings. The number of nitrogens with zero attached hydrogens (tertiary/aromatic N) is 1. The van der Waals surface area contributed by atoms with Crippen LogP contribution in [0.4, 0.5) is 0 Å². The molecule has 0 heterocycles. The highest BCUT2D eigenvalue weighted by Gasteiger charge is 2.04. The van der Waals surface area contributed by atoms with E-state index in [9.17, 15) is 5.11 Å². The lowest BCUT2D eigenvalue weighted by molar-refractivity contribution is 0.464. The summed E-state index contributed by atoms with van der Waals surface area (Å²) in [6.45, 7) is 10.2. The summed E-state index contributed by atoms with van der Waals surface area (Å²) in [5.41, 5.74) is 2.23. The molecule has 1 N–H and O–H groups in total. The molecule has 0 saturated carbocycles. The highest BCUT2D eigenvalue weighted by atomic mass is 32.1. The van der Waals surface area contributed by atoms with Gasteiger partial charge in [0.25, 0.3) is 0 Å². The van der Waals surface area contributed by atoms with Gasteiger partial charge >= 0.3 is 0 Å². The summed E-state index contributed by atoms with van der Waals surface area (Å²) in [5.74, 6) is 0.806. The predicted octanol–water partition coefficient (Wildman–Crippen LogP) is 4.10. The number of aliphatic imine (C=N–C) groups is 1. The van der Waals surface area contributed by atoms with Gasteiger partial charge in [0.1, 0.15) is 5.75 Å². The maximum absolute atomic E-state index is 9.41. The van der Waals surface area contributed by atoms with E-state index in [1.165, 1.54) is 5.56 Å². The molecule has 0 radical (unpaired) electrons. The van der Waals surface area contributed by atoms with Crippen LogP contribution in [-0.2, 0) is 0 Å². The lowest BCUT2D eigenvalue weighted by Crippen LogP contribution is -1.88. The Morgan fingerprint density at radius 2 is 2.18 bits per heavy atom. The molecule has 0 atom stereocenters. The fourth-order valence-electron chi connectivity index (χ4n) is 1.24. The zero-order chi connectivity index (χ0) is 13.3. The van der Waals surface area contributed by atoms with E-state index < -0.39 is 0 Å². The molecule has 0 spiro atoms. The first-order valence-corrected chi connectivity index (χ1v) is 5.87. The fraction of sp³-hybridized carbons (Fsp3) is 0.357. The first-order valence-electron chi connectivity index (χ1n) is 5.47. The summed E-state index contributed by atoms with van der Waals surface area (Å²) in [4.78, 5) is 3.54. The molecule has 92 valence electrons. The molecule has 0 amide bonds. The molecule has 2 nitrogen and oxygen atoms in total.